The summed E-state index contributed by atoms with van der Waals surface area (Å²) >= 11 is 1.49. The van der Waals surface area contributed by atoms with E-state index in [-0.39, 0.29) is 12.3 Å². The van der Waals surface area contributed by atoms with Gasteiger partial charge in [0, 0.05) is 0 Å². The summed E-state index contributed by atoms with van der Waals surface area (Å²) in [6.45, 7) is -0.0443. The second kappa shape index (κ2) is 5.77. The molecule has 0 saturated heterocycles. The van der Waals surface area contributed by atoms with E-state index in [9.17, 15) is 4.79 Å². The molecule has 1 rings (SSSR count). The molecule has 0 heterocycles. The van der Waals surface area contributed by atoms with E-state index >= 15 is 0 Å². The average molecular weight is 241 g/mol. The zero-order valence-electron chi connectivity index (χ0n) is 9.57. The van der Waals surface area contributed by atoms with Crippen LogP contribution in [0.15, 0.2) is 17.0 Å². The molecule has 5 heteroatoms. The number of ketones is 1. The molecule has 0 aliphatic carbocycles. The minimum atomic E-state index is -0.161. The Hall–Kier alpha value is -1.20. The number of hydrogen-bond acceptors (Lipinski definition) is 5. The molecule has 0 amide bonds. The number of rotatable bonds is 5. The molecule has 0 aliphatic heterocycles. The third-order valence-electron chi connectivity index (χ3n) is 2.17. The van der Waals surface area contributed by atoms with Crippen LogP contribution in [0.2, 0.25) is 0 Å². The SMILES string of the molecule is COc1cc(SC)c(OC)c(C(=O)CN)c1. The highest BCUT2D eigenvalue weighted by Crippen LogP contribution is 2.35. The first-order valence-corrected chi connectivity index (χ1v) is 5.93. The highest BCUT2D eigenvalue weighted by Gasteiger charge is 2.16. The molecule has 0 bridgehead atoms. The van der Waals surface area contributed by atoms with E-state index in [1.165, 1.54) is 18.9 Å². The number of benzene rings is 1. The van der Waals surface area contributed by atoms with E-state index in [0.29, 0.717) is 17.1 Å². The van der Waals surface area contributed by atoms with Gasteiger partial charge in [-0.05, 0) is 18.4 Å². The Balaban J connectivity index is 3.36. The summed E-state index contributed by atoms with van der Waals surface area (Å²) in [6, 6.07) is 3.48. The molecule has 0 aromatic heterocycles. The molecule has 0 atom stereocenters. The van der Waals surface area contributed by atoms with E-state index < -0.39 is 0 Å². The van der Waals surface area contributed by atoms with Crippen molar-refractivity contribution in [2.75, 3.05) is 27.0 Å². The van der Waals surface area contributed by atoms with E-state index in [1.54, 1.807) is 13.2 Å². The van der Waals surface area contributed by atoms with Crippen molar-refractivity contribution in [3.05, 3.63) is 17.7 Å². The van der Waals surface area contributed by atoms with Gasteiger partial charge in [0.15, 0.2) is 5.78 Å². The monoisotopic (exact) mass is 241 g/mol. The van der Waals surface area contributed by atoms with Crippen LogP contribution in [0, 0.1) is 0 Å². The number of carbonyl (C=O) groups is 1. The summed E-state index contributed by atoms with van der Waals surface area (Å²) < 4.78 is 10.4. The Bertz CT molecular complexity index is 393. The highest BCUT2D eigenvalue weighted by molar-refractivity contribution is 7.98. The number of Topliss-reactive ketones (excluding diaryl/α,β-unsaturated/α-hetero) is 1. The smallest absolute Gasteiger partial charge is 0.180 e. The number of methoxy groups -OCH3 is 2. The lowest BCUT2D eigenvalue weighted by Crippen LogP contribution is -2.15. The predicted octanol–water partition coefficient (Wildman–Crippen LogP) is 1.57. The van der Waals surface area contributed by atoms with Gasteiger partial charge in [0.1, 0.15) is 11.5 Å². The molecule has 88 valence electrons. The number of nitrogens with two attached hydrogens (primary N) is 1. The fraction of sp³-hybridized carbons (Fsp3) is 0.364. The first-order chi connectivity index (χ1) is 7.67. The molecule has 0 saturated carbocycles. The van der Waals surface area contributed by atoms with E-state index in [1.807, 2.05) is 12.3 Å². The van der Waals surface area contributed by atoms with Crippen LogP contribution in [0.4, 0.5) is 0 Å². The van der Waals surface area contributed by atoms with Gasteiger partial charge < -0.3 is 15.2 Å². The maximum Gasteiger partial charge on any atom is 0.180 e. The second-order valence-corrected chi connectivity index (χ2v) is 3.89. The minimum Gasteiger partial charge on any atom is -0.497 e. The van der Waals surface area contributed by atoms with Crippen molar-refractivity contribution in [1.82, 2.24) is 0 Å². The zero-order chi connectivity index (χ0) is 12.1. The van der Waals surface area contributed by atoms with E-state index in [4.69, 9.17) is 15.2 Å². The van der Waals surface area contributed by atoms with Gasteiger partial charge in [0.2, 0.25) is 0 Å². The van der Waals surface area contributed by atoms with Crippen LogP contribution in [0.5, 0.6) is 11.5 Å². The molecule has 2 N–H and O–H groups in total. The lowest BCUT2D eigenvalue weighted by molar-refractivity contribution is 0.0997. The lowest BCUT2D eigenvalue weighted by Gasteiger charge is -2.13. The molecule has 0 unspecified atom stereocenters. The topological polar surface area (TPSA) is 61.5 Å². The van der Waals surface area contributed by atoms with Crippen LogP contribution in [-0.2, 0) is 0 Å². The van der Waals surface area contributed by atoms with Crippen LogP contribution in [0.1, 0.15) is 10.4 Å². The van der Waals surface area contributed by atoms with Crippen LogP contribution in [0.3, 0.4) is 0 Å². The van der Waals surface area contributed by atoms with Crippen molar-refractivity contribution in [1.29, 1.82) is 0 Å². The molecule has 0 aliphatic rings. The Morgan fingerprint density at radius 1 is 1.38 bits per heavy atom. The van der Waals surface area contributed by atoms with Gasteiger partial charge in [0.25, 0.3) is 0 Å². The second-order valence-electron chi connectivity index (χ2n) is 3.04. The maximum absolute atomic E-state index is 11.7. The van der Waals surface area contributed by atoms with Gasteiger partial charge in [-0.2, -0.15) is 0 Å². The molecule has 1 aromatic rings. The molecular formula is C11H15NO3S. The Kier molecular flexibility index (Phi) is 4.64. The van der Waals surface area contributed by atoms with Crippen LogP contribution < -0.4 is 15.2 Å². The standard InChI is InChI=1S/C11H15NO3S/c1-14-7-4-8(9(13)6-12)11(15-2)10(5-7)16-3/h4-5H,6,12H2,1-3H3. The molecule has 4 nitrogen and oxygen atoms in total. The highest BCUT2D eigenvalue weighted by atomic mass is 32.2. The van der Waals surface area contributed by atoms with Gasteiger partial charge in [-0.25, -0.2) is 0 Å². The van der Waals surface area contributed by atoms with Crippen molar-refractivity contribution < 1.29 is 14.3 Å². The fourth-order valence-corrected chi connectivity index (χ4v) is 1.99. The summed E-state index contributed by atoms with van der Waals surface area (Å²) in [4.78, 5) is 12.5. The van der Waals surface area contributed by atoms with Gasteiger partial charge in [-0.1, -0.05) is 0 Å². The minimum absolute atomic E-state index is 0.0443. The first-order valence-electron chi connectivity index (χ1n) is 4.71. The van der Waals surface area contributed by atoms with Crippen molar-refractivity contribution >= 4 is 17.5 Å². The molecule has 0 fully saturated rings. The average Bonchev–Trinajstić information content (AvgIpc) is 2.35. The van der Waals surface area contributed by atoms with Crippen molar-refractivity contribution in [2.45, 2.75) is 4.90 Å². The van der Waals surface area contributed by atoms with Gasteiger partial charge >= 0.3 is 0 Å². The molecule has 1 aromatic carbocycles. The van der Waals surface area contributed by atoms with Crippen molar-refractivity contribution in [3.63, 3.8) is 0 Å². The Labute approximate surface area is 99.1 Å². The van der Waals surface area contributed by atoms with E-state index in [2.05, 4.69) is 0 Å². The molecule has 0 radical (unpaired) electrons. The molecular weight excluding hydrogens is 226 g/mol. The van der Waals surface area contributed by atoms with Crippen LogP contribution in [0.25, 0.3) is 0 Å². The van der Waals surface area contributed by atoms with E-state index in [0.717, 1.165) is 4.90 Å². The summed E-state index contributed by atoms with van der Waals surface area (Å²) in [5.74, 6) is 1.02. The molecule has 16 heavy (non-hydrogen) atoms. The number of hydrogen-bond donors (Lipinski definition) is 1. The number of carbonyl (C=O) groups excluding carboxylic acids is 1. The molecule has 0 spiro atoms. The quantitative estimate of drug-likeness (QED) is 0.626. The van der Waals surface area contributed by atoms with Crippen molar-refractivity contribution in [3.8, 4) is 11.5 Å². The predicted molar refractivity (Wildman–Crippen MR) is 64.7 cm³/mol. The zero-order valence-corrected chi connectivity index (χ0v) is 10.4. The van der Waals surface area contributed by atoms with Gasteiger partial charge in [0.05, 0.1) is 31.2 Å². The van der Waals surface area contributed by atoms with Gasteiger partial charge in [-0.3, -0.25) is 4.79 Å². The number of thioether (sulfide) groups is 1. The van der Waals surface area contributed by atoms with Crippen LogP contribution >= 0.6 is 11.8 Å². The fourth-order valence-electron chi connectivity index (χ4n) is 1.37. The first kappa shape index (κ1) is 12.9. The Morgan fingerprint density at radius 3 is 2.50 bits per heavy atom. The largest absolute Gasteiger partial charge is 0.497 e. The Morgan fingerprint density at radius 2 is 2.06 bits per heavy atom. The normalized spacial score (nSPS) is 10.0. The van der Waals surface area contributed by atoms with Crippen LogP contribution in [-0.4, -0.2) is 32.8 Å². The number of ether oxygens (including phenoxy) is 2. The summed E-state index contributed by atoms with van der Waals surface area (Å²) in [5, 5.41) is 0. The summed E-state index contributed by atoms with van der Waals surface area (Å²) in [7, 11) is 3.09. The van der Waals surface area contributed by atoms with Gasteiger partial charge in [-0.15, -0.1) is 11.8 Å². The van der Waals surface area contributed by atoms with Crippen molar-refractivity contribution in [2.24, 2.45) is 5.73 Å². The summed E-state index contributed by atoms with van der Waals surface area (Å²) in [6.07, 6.45) is 1.91. The maximum atomic E-state index is 11.7. The third-order valence-corrected chi connectivity index (χ3v) is 2.92. The summed E-state index contributed by atoms with van der Waals surface area (Å²) in [5.41, 5.74) is 5.82. The third kappa shape index (κ3) is 2.48. The lowest BCUT2D eigenvalue weighted by atomic mass is 10.1.